The van der Waals surface area contributed by atoms with Crippen molar-refractivity contribution in [2.24, 2.45) is 0 Å². The first-order chi connectivity index (χ1) is 35.0. The quantitative estimate of drug-likeness (QED) is 0.108. The molecule has 0 saturated carbocycles. The number of nitrogens with zero attached hydrogens (tertiary/aromatic N) is 9. The predicted octanol–water partition coefficient (Wildman–Crippen LogP) is 7.39. The van der Waals surface area contributed by atoms with E-state index in [9.17, 15) is 26.4 Å². The largest absolute Gasteiger partial charge is 0.339 e. The van der Waals surface area contributed by atoms with Gasteiger partial charge in [-0.15, -0.1) is 0 Å². The molecule has 4 saturated heterocycles. The summed E-state index contributed by atoms with van der Waals surface area (Å²) in [5, 5.41) is 4.98. The fraction of sp³-hybridized carbons (Fsp3) is 0.375. The predicted molar refractivity (Wildman–Crippen MR) is 288 cm³/mol. The average Bonchev–Trinajstić information content (AvgIpc) is 4.09. The zero-order valence-corrected chi connectivity index (χ0v) is 44.9. The van der Waals surface area contributed by atoms with E-state index in [0.29, 0.717) is 83.0 Å². The normalized spacial score (nSPS) is 16.7. The van der Waals surface area contributed by atoms with Crippen LogP contribution in [0, 0.1) is 0 Å². The van der Waals surface area contributed by atoms with Crippen LogP contribution in [0.4, 0.5) is 17.6 Å². The number of fused-ring (bicyclic) bond motifs is 2. The molecule has 73 heavy (non-hydrogen) atoms. The second kappa shape index (κ2) is 24.7. The molecular formula is C48H53Cl5N12O6S2. The van der Waals surface area contributed by atoms with Crippen LogP contribution < -0.4 is 19.7 Å². The minimum absolute atomic E-state index is 0.00876. The number of piperazine rings is 2. The molecule has 18 nitrogen and oxygen atoms in total. The van der Waals surface area contributed by atoms with Gasteiger partial charge >= 0.3 is 0 Å². The van der Waals surface area contributed by atoms with Crippen molar-refractivity contribution < 1.29 is 26.4 Å². The first kappa shape index (κ1) is 54.4. The molecule has 0 atom stereocenters. The van der Waals surface area contributed by atoms with Crippen molar-refractivity contribution in [1.29, 1.82) is 0 Å². The molecule has 0 radical (unpaired) electrons. The highest BCUT2D eigenvalue weighted by Crippen LogP contribution is 2.31. The number of anilines is 3. The van der Waals surface area contributed by atoms with E-state index in [1.807, 2.05) is 26.8 Å². The summed E-state index contributed by atoms with van der Waals surface area (Å²) < 4.78 is 56.4. The highest BCUT2D eigenvalue weighted by atomic mass is 35.5. The van der Waals surface area contributed by atoms with Crippen molar-refractivity contribution in [2.45, 2.75) is 35.5 Å². The first-order valence-corrected chi connectivity index (χ1v) is 28.5. The Hall–Kier alpha value is -4.87. The third-order valence-electron chi connectivity index (χ3n) is 12.5. The van der Waals surface area contributed by atoms with E-state index in [1.54, 1.807) is 36.4 Å². The Kier molecular flexibility index (Phi) is 18.4. The van der Waals surface area contributed by atoms with Gasteiger partial charge in [-0.1, -0.05) is 70.7 Å². The van der Waals surface area contributed by atoms with Crippen molar-refractivity contribution in [3.63, 3.8) is 0 Å². The molecule has 0 unspecified atom stereocenters. The molecular weight excluding hydrogens is 1080 g/mol. The van der Waals surface area contributed by atoms with Gasteiger partial charge in [-0.25, -0.2) is 26.8 Å². The van der Waals surface area contributed by atoms with Crippen molar-refractivity contribution in [2.75, 3.05) is 106 Å². The molecule has 10 rings (SSSR count). The van der Waals surface area contributed by atoms with Gasteiger partial charge in [0, 0.05) is 73.2 Å². The molecule has 25 heteroatoms. The Morgan fingerprint density at radius 1 is 0.521 bits per heavy atom. The van der Waals surface area contributed by atoms with Gasteiger partial charge in [-0.2, -0.15) is 9.97 Å². The van der Waals surface area contributed by atoms with Crippen LogP contribution in [0.1, 0.15) is 25.7 Å². The third-order valence-corrected chi connectivity index (χ3v) is 16.8. The van der Waals surface area contributed by atoms with E-state index in [4.69, 9.17) is 58.0 Å². The van der Waals surface area contributed by atoms with E-state index in [0.717, 1.165) is 65.2 Å². The van der Waals surface area contributed by atoms with E-state index >= 15 is 0 Å². The van der Waals surface area contributed by atoms with Gasteiger partial charge in [0.25, 0.3) is 20.0 Å². The molecule has 3 N–H and O–H groups in total. The minimum Gasteiger partial charge on any atom is -0.339 e. The Morgan fingerprint density at radius 2 is 0.959 bits per heavy atom. The minimum atomic E-state index is -4.04. The molecule has 6 aromatic rings. The molecule has 2 aromatic heterocycles. The molecule has 4 aliphatic rings. The number of hydrogen-bond acceptors (Lipinski definition) is 14. The van der Waals surface area contributed by atoms with Crippen LogP contribution in [0.2, 0.25) is 25.4 Å². The molecule has 2 amide bonds. The Morgan fingerprint density at radius 3 is 1.44 bits per heavy atom. The van der Waals surface area contributed by atoms with Crippen molar-refractivity contribution in [3.8, 4) is 0 Å². The second-order valence-electron chi connectivity index (χ2n) is 17.6. The fourth-order valence-corrected chi connectivity index (χ4v) is 12.5. The summed E-state index contributed by atoms with van der Waals surface area (Å²) >= 11 is 29.7. The number of benzene rings is 4. The lowest BCUT2D eigenvalue weighted by Crippen LogP contribution is -2.51. The molecule has 0 spiro atoms. The van der Waals surface area contributed by atoms with Crippen molar-refractivity contribution >= 4 is 129 Å². The fourth-order valence-electron chi connectivity index (χ4n) is 8.69. The summed E-state index contributed by atoms with van der Waals surface area (Å²) in [6.07, 6.45) is 4.82. The number of para-hydroxylation sites is 2. The lowest BCUT2D eigenvalue weighted by atomic mass is 10.2. The van der Waals surface area contributed by atoms with Gasteiger partial charge in [0.15, 0.2) is 11.6 Å². The van der Waals surface area contributed by atoms with E-state index in [1.165, 1.54) is 49.2 Å². The van der Waals surface area contributed by atoms with Gasteiger partial charge in [0.1, 0.15) is 9.79 Å². The molecule has 0 bridgehead atoms. The van der Waals surface area contributed by atoms with Gasteiger partial charge in [-0.3, -0.25) is 28.8 Å². The number of carbonyl (C=O) groups is 2. The number of hydrogen-bond donors (Lipinski definition) is 3. The smallest absolute Gasteiger partial charge is 0.264 e. The van der Waals surface area contributed by atoms with Crippen molar-refractivity contribution in [1.82, 2.24) is 44.9 Å². The topological polar surface area (TPSA) is 206 Å². The Bertz CT molecular complexity index is 3170. The van der Waals surface area contributed by atoms with E-state index in [2.05, 4.69) is 44.5 Å². The molecule has 0 aliphatic carbocycles. The summed E-state index contributed by atoms with van der Waals surface area (Å²) in [6, 6.07) is 22.4. The zero-order chi connectivity index (χ0) is 51.7. The number of sulfonamides is 2. The van der Waals surface area contributed by atoms with Crippen molar-refractivity contribution in [3.05, 3.63) is 110 Å². The van der Waals surface area contributed by atoms with Crippen LogP contribution in [0.25, 0.3) is 21.8 Å². The van der Waals surface area contributed by atoms with Gasteiger partial charge in [0.05, 0.1) is 34.2 Å². The number of carbonyl (C=O) groups excluding carboxylic acids is 2. The highest BCUT2D eigenvalue weighted by molar-refractivity contribution is 7.93. The average molecular weight is 1140 g/mol. The van der Waals surface area contributed by atoms with Crippen LogP contribution >= 0.6 is 58.0 Å². The summed E-state index contributed by atoms with van der Waals surface area (Å²) in [5.41, 5.74) is 1.13. The van der Waals surface area contributed by atoms with Gasteiger partial charge in [-0.05, 0) is 124 Å². The number of rotatable bonds is 11. The molecule has 388 valence electrons. The number of halogens is 5. The molecule has 4 aromatic carbocycles. The molecule has 4 aliphatic heterocycles. The van der Waals surface area contributed by atoms with Crippen LogP contribution in [0.5, 0.6) is 0 Å². The third kappa shape index (κ3) is 14.3. The maximum atomic E-state index is 13.2. The van der Waals surface area contributed by atoms with E-state index < -0.39 is 20.0 Å². The standard InChI is InChI=1S/C24H26Cl2N6O3S.C14H8Cl3N3O2S.C10H19N3O/c25-17-7-8-21(19(26)15-17)36(34,35)29-23-18-5-1-2-6-20(18)27-24(28-23)32-13-11-31(12-14-32)22(33)16-30-9-3-4-10-30;15-8-5-6-12(10(16)7-8)23(21,22)20-13-9-3-1-2-4-11(9)18-14(17)19-13;14-10(9-12-5-1-2-6-12)13-7-3-11-4-8-13/h1-2,5-8,15H,3-4,9-14,16H2,(H,27,28,29);1-7H,(H,18,19,20);11H,1-9H2. The summed E-state index contributed by atoms with van der Waals surface area (Å²) in [6.45, 7) is 11.2. The lowest BCUT2D eigenvalue weighted by Gasteiger charge is -2.35. The molecule has 6 heterocycles. The first-order valence-electron chi connectivity index (χ1n) is 23.6. The Labute approximate surface area is 449 Å². The molecule has 4 fully saturated rings. The number of amides is 2. The summed E-state index contributed by atoms with van der Waals surface area (Å²) in [7, 11) is -8.00. The monoisotopic (exact) mass is 1130 g/mol. The SMILES string of the molecule is O=C(CN1CCCC1)N1CCN(c2nc(NS(=O)(=O)c3ccc(Cl)cc3Cl)c3ccccc3n2)CC1.O=C(CN1CCCC1)N1CCNCC1.O=S(=O)(Nc1nc(Cl)nc2ccccc12)c1ccc(Cl)cc1Cl. The summed E-state index contributed by atoms with van der Waals surface area (Å²) in [5.74, 6) is 1.10. The second-order valence-corrected chi connectivity index (χ2v) is 22.9. The maximum Gasteiger partial charge on any atom is 0.264 e. The van der Waals surface area contributed by atoms with Crippen LogP contribution in [-0.4, -0.2) is 160 Å². The van der Waals surface area contributed by atoms with E-state index in [-0.39, 0.29) is 42.7 Å². The number of likely N-dealkylation sites (tertiary alicyclic amines) is 2. The van der Waals surface area contributed by atoms with Gasteiger partial charge in [0.2, 0.25) is 23.0 Å². The lowest BCUT2D eigenvalue weighted by molar-refractivity contribution is -0.133. The zero-order valence-electron chi connectivity index (χ0n) is 39.5. The number of aromatic nitrogens is 4. The van der Waals surface area contributed by atoms with Crippen LogP contribution in [0.3, 0.4) is 0 Å². The summed E-state index contributed by atoms with van der Waals surface area (Å²) in [4.78, 5) is 51.9. The van der Waals surface area contributed by atoms with Gasteiger partial charge < -0.3 is 20.0 Å². The number of nitrogens with one attached hydrogen (secondary N) is 3. The van der Waals surface area contributed by atoms with Crippen LogP contribution in [0.15, 0.2) is 94.7 Å². The van der Waals surface area contributed by atoms with Crippen LogP contribution in [-0.2, 0) is 29.6 Å². The highest BCUT2D eigenvalue weighted by Gasteiger charge is 2.28. The maximum absolute atomic E-state index is 13.2. The Balaban J connectivity index is 0.000000163.